The van der Waals surface area contributed by atoms with Gasteiger partial charge >= 0.3 is 0 Å². The molecule has 0 bridgehead atoms. The number of methoxy groups -OCH3 is 4. The predicted octanol–water partition coefficient (Wildman–Crippen LogP) is 7.80. The van der Waals surface area contributed by atoms with Gasteiger partial charge in [0.15, 0.2) is 0 Å². The van der Waals surface area contributed by atoms with Crippen LogP contribution in [0.1, 0.15) is 58.9 Å². The van der Waals surface area contributed by atoms with Gasteiger partial charge in [0.2, 0.25) is 0 Å². The molecule has 0 aliphatic heterocycles. The maximum absolute atomic E-state index is 5.38. The van der Waals surface area contributed by atoms with E-state index in [0.29, 0.717) is 0 Å². The van der Waals surface area contributed by atoms with Crippen molar-refractivity contribution in [1.29, 1.82) is 0 Å². The first kappa shape index (κ1) is 41.4. The van der Waals surface area contributed by atoms with Crippen molar-refractivity contribution < 1.29 is 18.9 Å². The molecule has 0 saturated heterocycles. The molecule has 1 atom stereocenters. The van der Waals surface area contributed by atoms with Gasteiger partial charge in [-0.15, -0.1) is 35.8 Å². The lowest BCUT2D eigenvalue weighted by molar-refractivity contribution is 0.156. The maximum Gasteiger partial charge on any atom is 0.126 e. The minimum Gasteiger partial charge on any atom is -0.496 e. The molecule has 2 heterocycles. The average molecular weight is 649 g/mol. The molecule has 1 aromatic carbocycles. The Bertz CT molecular complexity index is 1190. The van der Waals surface area contributed by atoms with Crippen molar-refractivity contribution in [2.75, 3.05) is 55.2 Å². The molecule has 0 spiro atoms. The minimum absolute atomic E-state index is 0.127. The minimum atomic E-state index is 0.127. The van der Waals surface area contributed by atoms with Gasteiger partial charge in [-0.05, 0) is 92.7 Å². The highest BCUT2D eigenvalue weighted by molar-refractivity contribution is 7.15. The Labute approximate surface area is 274 Å². The Hall–Kier alpha value is -2.60. The van der Waals surface area contributed by atoms with Gasteiger partial charge in [-0.3, -0.25) is 0 Å². The number of allylic oxidation sites excluding steroid dienone is 1. The molecule has 2 N–H and O–H groups in total. The number of ether oxygens (including phenoxy) is 4. The van der Waals surface area contributed by atoms with E-state index in [1.807, 2.05) is 46.9 Å². The first-order valence-corrected chi connectivity index (χ1v) is 16.4. The molecular weight excluding hydrogens is 593 g/mol. The number of thiazole rings is 2. The SMILES string of the molecule is C=C.CCOC.CNCCCNCc1nc(/C(C)=C/C(C)OC)sc1C.COc1cc(-c2nc(C)c(C)s2)cc(OC)c1C. The second kappa shape index (κ2) is 23.7. The Morgan fingerprint density at radius 3 is 2.00 bits per heavy atom. The van der Waals surface area contributed by atoms with Gasteiger partial charge in [0, 0.05) is 48.3 Å². The van der Waals surface area contributed by atoms with Gasteiger partial charge in [0.1, 0.15) is 21.5 Å². The third-order valence-electron chi connectivity index (χ3n) is 6.48. The van der Waals surface area contributed by atoms with Crippen LogP contribution in [0, 0.1) is 27.7 Å². The molecule has 3 aromatic rings. The first-order chi connectivity index (χ1) is 21.1. The highest BCUT2D eigenvalue weighted by Crippen LogP contribution is 2.36. The zero-order valence-electron chi connectivity index (χ0n) is 29.1. The fourth-order valence-corrected chi connectivity index (χ4v) is 5.47. The van der Waals surface area contributed by atoms with E-state index in [1.54, 1.807) is 51.1 Å². The van der Waals surface area contributed by atoms with Crippen LogP contribution in [0.25, 0.3) is 16.1 Å². The Morgan fingerprint density at radius 1 is 0.955 bits per heavy atom. The Morgan fingerprint density at radius 2 is 1.55 bits per heavy atom. The molecule has 248 valence electrons. The van der Waals surface area contributed by atoms with E-state index in [-0.39, 0.29) is 6.10 Å². The van der Waals surface area contributed by atoms with E-state index in [2.05, 4.69) is 60.4 Å². The summed E-state index contributed by atoms with van der Waals surface area (Å²) in [5.74, 6) is 1.66. The molecule has 0 radical (unpaired) electrons. The highest BCUT2D eigenvalue weighted by atomic mass is 32.1. The largest absolute Gasteiger partial charge is 0.496 e. The molecule has 0 fully saturated rings. The molecule has 0 aliphatic carbocycles. The number of rotatable bonds is 13. The van der Waals surface area contributed by atoms with Gasteiger partial charge in [-0.2, -0.15) is 0 Å². The quantitative estimate of drug-likeness (QED) is 0.144. The summed E-state index contributed by atoms with van der Waals surface area (Å²) in [7, 11) is 8.73. The van der Waals surface area contributed by atoms with Crippen LogP contribution in [0.5, 0.6) is 11.5 Å². The van der Waals surface area contributed by atoms with Crippen LogP contribution >= 0.6 is 22.7 Å². The van der Waals surface area contributed by atoms with Gasteiger partial charge in [0.25, 0.3) is 0 Å². The third-order valence-corrected chi connectivity index (χ3v) is 8.75. The molecule has 8 nitrogen and oxygen atoms in total. The molecule has 0 aliphatic rings. The number of nitrogens with one attached hydrogen (secondary N) is 2. The third kappa shape index (κ3) is 14.5. The second-order valence-corrected chi connectivity index (χ2v) is 12.1. The van der Waals surface area contributed by atoms with Crippen molar-refractivity contribution >= 4 is 28.2 Å². The smallest absolute Gasteiger partial charge is 0.126 e. The molecule has 2 aromatic heterocycles. The number of nitrogens with zero attached hydrogens (tertiary/aromatic N) is 2. The number of aryl methyl sites for hydroxylation is 3. The molecule has 10 heteroatoms. The average Bonchev–Trinajstić information content (AvgIpc) is 3.58. The summed E-state index contributed by atoms with van der Waals surface area (Å²) in [6.07, 6.45) is 3.38. The van der Waals surface area contributed by atoms with E-state index in [9.17, 15) is 0 Å². The Balaban J connectivity index is 0.000000715. The van der Waals surface area contributed by atoms with Crippen LogP contribution in [0.4, 0.5) is 0 Å². The molecule has 44 heavy (non-hydrogen) atoms. The van der Waals surface area contributed by atoms with E-state index < -0.39 is 0 Å². The van der Waals surface area contributed by atoms with Crippen molar-refractivity contribution in [3.05, 3.63) is 63.1 Å². The molecule has 0 saturated carbocycles. The van der Waals surface area contributed by atoms with Crippen LogP contribution in [-0.4, -0.2) is 71.3 Å². The van der Waals surface area contributed by atoms with Gasteiger partial charge in [-0.1, -0.05) is 6.08 Å². The molecule has 0 amide bonds. The lowest BCUT2D eigenvalue weighted by Gasteiger charge is -2.11. The van der Waals surface area contributed by atoms with Crippen LogP contribution < -0.4 is 20.1 Å². The molecule has 3 rings (SSSR count). The van der Waals surface area contributed by atoms with Crippen LogP contribution in [0.2, 0.25) is 0 Å². The number of hydrogen-bond donors (Lipinski definition) is 2. The summed E-state index contributed by atoms with van der Waals surface area (Å²) in [5, 5.41) is 8.69. The number of aromatic nitrogens is 2. The van der Waals surface area contributed by atoms with Crippen molar-refractivity contribution in [2.45, 2.75) is 67.5 Å². The summed E-state index contributed by atoms with van der Waals surface area (Å²) >= 11 is 3.45. The normalized spacial score (nSPS) is 11.3. The van der Waals surface area contributed by atoms with Crippen LogP contribution in [0.3, 0.4) is 0 Å². The summed E-state index contributed by atoms with van der Waals surface area (Å²) in [6, 6.07) is 4.02. The van der Waals surface area contributed by atoms with E-state index >= 15 is 0 Å². The topological polar surface area (TPSA) is 86.8 Å². The van der Waals surface area contributed by atoms with Gasteiger partial charge in [0.05, 0.1) is 31.7 Å². The standard InChI is InChI=1S/C15H27N3OS.C14H17NO2S.C3H8O.C2H4/c1-11(9-12(2)19-5)15-18-14(13(3)20-15)10-17-8-6-7-16-4;1-8-12(16-4)6-11(7-13(8)17-5)14-15-9(2)10(3)18-14;1-3-4-2;1-2/h9,12,16-17H,6-8,10H2,1-5H3;6-7H,1-5H3;3H2,1-2H3;1-2H2/b11-9+;;;. The Kier molecular flexibility index (Phi) is 22.3. The maximum atomic E-state index is 5.38. The zero-order chi connectivity index (χ0) is 33.7. The van der Waals surface area contributed by atoms with E-state index in [0.717, 1.165) is 76.7 Å². The lowest BCUT2D eigenvalue weighted by atomic mass is 10.1. The molecule has 1 unspecified atom stereocenters. The fraction of sp³-hybridized carbons (Fsp3) is 0.529. The summed E-state index contributed by atoms with van der Waals surface area (Å²) in [6.45, 7) is 24.1. The predicted molar refractivity (Wildman–Crippen MR) is 191 cm³/mol. The van der Waals surface area contributed by atoms with Crippen molar-refractivity contribution in [1.82, 2.24) is 20.6 Å². The van der Waals surface area contributed by atoms with Crippen molar-refractivity contribution in [2.24, 2.45) is 0 Å². The molecular formula is C34H56N4O4S2. The van der Waals surface area contributed by atoms with Crippen molar-refractivity contribution in [3.8, 4) is 22.1 Å². The summed E-state index contributed by atoms with van der Waals surface area (Å²) in [4.78, 5) is 11.8. The second-order valence-electron chi connectivity index (χ2n) is 9.69. The van der Waals surface area contributed by atoms with E-state index in [1.165, 1.54) is 15.3 Å². The zero-order valence-corrected chi connectivity index (χ0v) is 30.7. The van der Waals surface area contributed by atoms with Gasteiger partial charge in [-0.25, -0.2) is 9.97 Å². The van der Waals surface area contributed by atoms with Gasteiger partial charge < -0.3 is 29.6 Å². The summed E-state index contributed by atoms with van der Waals surface area (Å²) in [5.41, 5.74) is 5.47. The lowest BCUT2D eigenvalue weighted by Crippen LogP contribution is -2.19. The summed E-state index contributed by atoms with van der Waals surface area (Å²) < 4.78 is 20.6. The van der Waals surface area contributed by atoms with E-state index in [4.69, 9.17) is 19.2 Å². The number of hydrogen-bond acceptors (Lipinski definition) is 10. The van der Waals surface area contributed by atoms with Crippen LogP contribution in [0.15, 0.2) is 31.4 Å². The van der Waals surface area contributed by atoms with Crippen molar-refractivity contribution in [3.63, 3.8) is 0 Å². The monoisotopic (exact) mass is 648 g/mol. The number of benzene rings is 1. The highest BCUT2D eigenvalue weighted by Gasteiger charge is 2.13. The first-order valence-electron chi connectivity index (χ1n) is 14.8. The fourth-order valence-electron chi connectivity index (χ4n) is 3.65. The van der Waals surface area contributed by atoms with Crippen LogP contribution in [-0.2, 0) is 16.0 Å².